The molecule has 0 spiro atoms. The predicted octanol–water partition coefficient (Wildman–Crippen LogP) is 3.26. The van der Waals surface area contributed by atoms with Crippen molar-refractivity contribution in [3.05, 3.63) is 53.0 Å². The van der Waals surface area contributed by atoms with Gasteiger partial charge in [-0.05, 0) is 43.0 Å². The number of halogens is 3. The first-order chi connectivity index (χ1) is 15.4. The van der Waals surface area contributed by atoms with Gasteiger partial charge in [0.05, 0.1) is 22.0 Å². The molecule has 0 saturated carbocycles. The minimum atomic E-state index is -4.65. The molecule has 3 rings (SSSR count). The van der Waals surface area contributed by atoms with Crippen molar-refractivity contribution >= 4 is 26.9 Å². The molecule has 6 nitrogen and oxygen atoms in total. The summed E-state index contributed by atoms with van der Waals surface area (Å²) in [5.41, 5.74) is 4.90. The SMILES string of the molecule is CN1CCN(CCN=C(C=C(N)C(F)(F)F)c2ccc(-c3cccc(S(C)(=O)=O)c3)s2)CC1. The molecule has 33 heavy (non-hydrogen) atoms. The molecule has 180 valence electrons. The fraction of sp³-hybridized carbons (Fsp3) is 0.409. The second-order valence-electron chi connectivity index (χ2n) is 7.97. The Balaban J connectivity index is 1.86. The highest BCUT2D eigenvalue weighted by atomic mass is 32.2. The summed E-state index contributed by atoms with van der Waals surface area (Å²) in [5, 5.41) is 0. The first-order valence-electron chi connectivity index (χ1n) is 10.3. The highest BCUT2D eigenvalue weighted by Crippen LogP contribution is 2.31. The van der Waals surface area contributed by atoms with Crippen molar-refractivity contribution in [1.29, 1.82) is 0 Å². The number of nitrogens with two attached hydrogens (primary N) is 1. The first kappa shape index (κ1) is 25.4. The summed E-state index contributed by atoms with van der Waals surface area (Å²) in [6.07, 6.45) is -2.66. The fourth-order valence-electron chi connectivity index (χ4n) is 3.32. The van der Waals surface area contributed by atoms with Gasteiger partial charge in [0, 0.05) is 43.9 Å². The van der Waals surface area contributed by atoms with Crippen molar-refractivity contribution in [2.75, 3.05) is 52.6 Å². The zero-order valence-corrected chi connectivity index (χ0v) is 20.1. The van der Waals surface area contributed by atoms with Crippen LogP contribution in [0.5, 0.6) is 0 Å². The third-order valence-corrected chi connectivity index (χ3v) is 7.59. The third kappa shape index (κ3) is 7.13. The van der Waals surface area contributed by atoms with Crippen LogP contribution >= 0.6 is 11.3 Å². The molecule has 1 saturated heterocycles. The van der Waals surface area contributed by atoms with E-state index in [1.54, 1.807) is 30.3 Å². The monoisotopic (exact) mass is 500 g/mol. The number of sulfone groups is 1. The predicted molar refractivity (Wildman–Crippen MR) is 127 cm³/mol. The molecular formula is C22H27F3N4O2S2. The van der Waals surface area contributed by atoms with E-state index in [2.05, 4.69) is 21.8 Å². The maximum atomic E-state index is 13.1. The summed E-state index contributed by atoms with van der Waals surface area (Å²) in [4.78, 5) is 10.3. The van der Waals surface area contributed by atoms with Gasteiger partial charge in [0.1, 0.15) is 5.70 Å². The minimum absolute atomic E-state index is 0.162. The summed E-state index contributed by atoms with van der Waals surface area (Å²) < 4.78 is 63.0. The Morgan fingerprint density at radius 3 is 2.52 bits per heavy atom. The van der Waals surface area contributed by atoms with E-state index in [9.17, 15) is 21.6 Å². The summed E-state index contributed by atoms with van der Waals surface area (Å²) in [6.45, 7) is 4.66. The Morgan fingerprint density at radius 1 is 1.18 bits per heavy atom. The Kier molecular flexibility index (Phi) is 7.99. The lowest BCUT2D eigenvalue weighted by molar-refractivity contribution is -0.0925. The zero-order valence-electron chi connectivity index (χ0n) is 18.5. The Bertz CT molecular complexity index is 1130. The van der Waals surface area contributed by atoms with Gasteiger partial charge >= 0.3 is 6.18 Å². The van der Waals surface area contributed by atoms with Gasteiger partial charge in [0.2, 0.25) is 0 Å². The number of likely N-dealkylation sites (N-methyl/N-ethyl adjacent to an activating group) is 1. The van der Waals surface area contributed by atoms with Crippen LogP contribution in [-0.4, -0.2) is 82.7 Å². The van der Waals surface area contributed by atoms with Gasteiger partial charge in [0.25, 0.3) is 0 Å². The van der Waals surface area contributed by atoms with Gasteiger partial charge in [0.15, 0.2) is 9.84 Å². The van der Waals surface area contributed by atoms with Crippen LogP contribution in [0.4, 0.5) is 13.2 Å². The summed E-state index contributed by atoms with van der Waals surface area (Å²) in [7, 11) is -1.33. The molecule has 0 aliphatic carbocycles. The molecule has 11 heteroatoms. The van der Waals surface area contributed by atoms with Crippen molar-refractivity contribution in [2.24, 2.45) is 10.7 Å². The topological polar surface area (TPSA) is 79.0 Å². The number of alkyl halides is 3. The van der Waals surface area contributed by atoms with Crippen LogP contribution in [0.15, 0.2) is 58.1 Å². The number of thiophene rings is 1. The molecular weight excluding hydrogens is 473 g/mol. The van der Waals surface area contributed by atoms with E-state index in [0.29, 0.717) is 23.5 Å². The van der Waals surface area contributed by atoms with Crippen LogP contribution in [0, 0.1) is 0 Å². The van der Waals surface area contributed by atoms with Gasteiger partial charge in [-0.2, -0.15) is 13.2 Å². The number of hydrogen-bond acceptors (Lipinski definition) is 7. The van der Waals surface area contributed by atoms with E-state index in [0.717, 1.165) is 43.4 Å². The van der Waals surface area contributed by atoms with Crippen LogP contribution in [0.3, 0.4) is 0 Å². The standard InChI is InChI=1S/C22H27F3N4O2S2/c1-28-10-12-29(13-11-28)9-8-27-18(15-21(26)22(23,24)25)20-7-6-19(32-20)16-4-3-5-17(14-16)33(2,30)31/h3-7,14-15H,8-13,26H2,1-2H3. The van der Waals surface area contributed by atoms with Crippen molar-refractivity contribution < 1.29 is 21.6 Å². The first-order valence-corrected chi connectivity index (χ1v) is 13.0. The van der Waals surface area contributed by atoms with E-state index < -0.39 is 21.7 Å². The minimum Gasteiger partial charge on any atom is -0.395 e. The molecule has 0 amide bonds. The molecule has 0 atom stereocenters. The summed E-state index contributed by atoms with van der Waals surface area (Å²) in [5.74, 6) is 0. The third-order valence-electron chi connectivity index (χ3n) is 5.32. The fourth-order valence-corrected chi connectivity index (χ4v) is 4.97. The molecule has 0 unspecified atom stereocenters. The molecule has 2 aromatic rings. The van der Waals surface area contributed by atoms with Crippen LogP contribution in [0.2, 0.25) is 0 Å². The Morgan fingerprint density at radius 2 is 1.88 bits per heavy atom. The van der Waals surface area contributed by atoms with Gasteiger partial charge < -0.3 is 10.6 Å². The lowest BCUT2D eigenvalue weighted by Crippen LogP contribution is -2.45. The Hall–Kier alpha value is -2.21. The molecule has 0 bridgehead atoms. The van der Waals surface area contributed by atoms with Gasteiger partial charge in [-0.3, -0.25) is 9.89 Å². The Labute approximate surface area is 196 Å². The van der Waals surface area contributed by atoms with Crippen LogP contribution in [-0.2, 0) is 9.84 Å². The summed E-state index contributed by atoms with van der Waals surface area (Å²) >= 11 is 1.24. The summed E-state index contributed by atoms with van der Waals surface area (Å²) in [6, 6.07) is 9.88. The number of allylic oxidation sites excluding steroid dienone is 2. The molecule has 1 aliphatic heterocycles. The number of aliphatic imine (C=N–C) groups is 1. The molecule has 1 aromatic heterocycles. The van der Waals surface area contributed by atoms with E-state index >= 15 is 0 Å². The number of nitrogens with zero attached hydrogens (tertiary/aromatic N) is 3. The van der Waals surface area contributed by atoms with Gasteiger partial charge in [-0.15, -0.1) is 11.3 Å². The maximum Gasteiger partial charge on any atom is 0.430 e. The van der Waals surface area contributed by atoms with E-state index in [-0.39, 0.29) is 10.6 Å². The highest BCUT2D eigenvalue weighted by molar-refractivity contribution is 7.90. The van der Waals surface area contributed by atoms with E-state index in [1.165, 1.54) is 17.4 Å². The van der Waals surface area contributed by atoms with Crippen LogP contribution in [0.25, 0.3) is 10.4 Å². The number of piperazine rings is 1. The molecule has 0 radical (unpaired) electrons. The zero-order chi connectivity index (χ0) is 24.2. The molecule has 1 aromatic carbocycles. The molecule has 1 fully saturated rings. The van der Waals surface area contributed by atoms with Crippen LogP contribution in [0.1, 0.15) is 4.88 Å². The number of rotatable bonds is 7. The smallest absolute Gasteiger partial charge is 0.395 e. The number of hydrogen-bond donors (Lipinski definition) is 1. The average Bonchev–Trinajstić information content (AvgIpc) is 3.23. The van der Waals surface area contributed by atoms with E-state index in [4.69, 9.17) is 5.73 Å². The number of benzene rings is 1. The average molecular weight is 501 g/mol. The van der Waals surface area contributed by atoms with Gasteiger partial charge in [-0.1, -0.05) is 12.1 Å². The van der Waals surface area contributed by atoms with E-state index in [1.807, 2.05) is 0 Å². The maximum absolute atomic E-state index is 13.1. The molecule has 1 aliphatic rings. The van der Waals surface area contributed by atoms with Crippen molar-refractivity contribution in [1.82, 2.24) is 9.80 Å². The largest absolute Gasteiger partial charge is 0.430 e. The van der Waals surface area contributed by atoms with Crippen molar-refractivity contribution in [3.8, 4) is 10.4 Å². The quantitative estimate of drug-likeness (QED) is 0.591. The second kappa shape index (κ2) is 10.4. The normalized spacial score (nSPS) is 17.5. The molecule has 2 N–H and O–H groups in total. The molecule has 2 heterocycles. The van der Waals surface area contributed by atoms with Crippen LogP contribution < -0.4 is 5.73 Å². The second-order valence-corrected chi connectivity index (χ2v) is 11.1. The van der Waals surface area contributed by atoms with Crippen molar-refractivity contribution in [3.63, 3.8) is 0 Å². The highest BCUT2D eigenvalue weighted by Gasteiger charge is 2.32. The lowest BCUT2D eigenvalue weighted by Gasteiger charge is -2.31. The lowest BCUT2D eigenvalue weighted by atomic mass is 10.2. The van der Waals surface area contributed by atoms with Gasteiger partial charge in [-0.25, -0.2) is 8.42 Å². The van der Waals surface area contributed by atoms with Crippen molar-refractivity contribution in [2.45, 2.75) is 11.1 Å².